The van der Waals surface area contributed by atoms with Crippen molar-refractivity contribution in [3.05, 3.63) is 255 Å². The molecule has 12 rings (SSSR count). The van der Waals surface area contributed by atoms with Gasteiger partial charge < -0.3 is 9.47 Å². The minimum absolute atomic E-state index is 1.08. The Morgan fingerprint density at radius 2 is 0.750 bits per heavy atom. The molecule has 11 aromatic carbocycles. The van der Waals surface area contributed by atoms with Crippen molar-refractivity contribution < 1.29 is 0 Å². The van der Waals surface area contributed by atoms with Gasteiger partial charge in [-0.2, -0.15) is 0 Å². The average Bonchev–Trinajstić information content (AvgIpc) is 3.71. The van der Waals surface area contributed by atoms with Crippen LogP contribution in [-0.4, -0.2) is 4.57 Å². The number of para-hydroxylation sites is 3. The van der Waals surface area contributed by atoms with Gasteiger partial charge in [0.05, 0.1) is 22.4 Å². The van der Waals surface area contributed by atoms with Crippen molar-refractivity contribution in [1.82, 2.24) is 4.57 Å². The summed E-state index contributed by atoms with van der Waals surface area (Å²) >= 11 is 0. The summed E-state index contributed by atoms with van der Waals surface area (Å²) in [6.07, 6.45) is 0. The highest BCUT2D eigenvalue weighted by Gasteiger charge is 2.21. The molecule has 64 heavy (non-hydrogen) atoms. The molecule has 2 heteroatoms. The molecule has 0 saturated heterocycles. The molecule has 0 spiro atoms. The van der Waals surface area contributed by atoms with Crippen LogP contribution >= 0.6 is 0 Å². The summed E-state index contributed by atoms with van der Waals surface area (Å²) in [5.74, 6) is 0. The van der Waals surface area contributed by atoms with Crippen LogP contribution in [0.15, 0.2) is 255 Å². The van der Waals surface area contributed by atoms with Gasteiger partial charge in [0.1, 0.15) is 0 Å². The van der Waals surface area contributed by atoms with E-state index in [1.807, 2.05) is 0 Å². The Balaban J connectivity index is 1.01. The average molecular weight is 815 g/mol. The first-order chi connectivity index (χ1) is 31.8. The van der Waals surface area contributed by atoms with Crippen LogP contribution in [0.5, 0.6) is 0 Å². The second-order valence-electron chi connectivity index (χ2n) is 16.4. The molecule has 0 saturated carbocycles. The molecule has 0 aliphatic rings. The molecule has 0 radical (unpaired) electrons. The molecule has 0 N–H and O–H groups in total. The zero-order chi connectivity index (χ0) is 42.4. The summed E-state index contributed by atoms with van der Waals surface area (Å²) in [6.45, 7) is 0. The fraction of sp³-hybridized carbons (Fsp3) is 0. The van der Waals surface area contributed by atoms with Crippen LogP contribution in [0.25, 0.3) is 93.5 Å². The van der Waals surface area contributed by atoms with Gasteiger partial charge in [-0.3, -0.25) is 0 Å². The third-order valence-corrected chi connectivity index (χ3v) is 12.8. The summed E-state index contributed by atoms with van der Waals surface area (Å²) in [4.78, 5) is 2.40. The summed E-state index contributed by atoms with van der Waals surface area (Å²) in [6, 6.07) is 92.6. The number of fused-ring (bicyclic) bond motifs is 6. The molecular weight excluding hydrogens is 773 g/mol. The quantitative estimate of drug-likeness (QED) is 0.139. The Labute approximate surface area is 373 Å². The minimum Gasteiger partial charge on any atom is -0.310 e. The molecule has 2 nitrogen and oxygen atoms in total. The van der Waals surface area contributed by atoms with Crippen molar-refractivity contribution in [2.24, 2.45) is 0 Å². The van der Waals surface area contributed by atoms with Gasteiger partial charge in [-0.15, -0.1) is 0 Å². The smallest absolute Gasteiger partial charge is 0.0546 e. The summed E-state index contributed by atoms with van der Waals surface area (Å²) in [7, 11) is 0. The van der Waals surface area contributed by atoms with E-state index in [2.05, 4.69) is 264 Å². The highest BCUT2D eigenvalue weighted by atomic mass is 15.1. The predicted molar refractivity (Wildman–Crippen MR) is 272 cm³/mol. The Morgan fingerprint density at radius 3 is 1.41 bits per heavy atom. The van der Waals surface area contributed by atoms with Gasteiger partial charge in [-0.1, -0.05) is 200 Å². The number of anilines is 3. The lowest BCUT2D eigenvalue weighted by Gasteiger charge is -2.28. The number of hydrogen-bond acceptors (Lipinski definition) is 1. The first-order valence-electron chi connectivity index (χ1n) is 22.0. The SMILES string of the molecule is c1ccc(-c2ccccc2N(c2ccc(-c3cccc(-n4c5ccccc5c5ccccc54)c3-c3ccccc3)cc2)c2ccc(-c3cc4ccccc4c4ccccc34)cc2)cc1. The fourth-order valence-electron chi connectivity index (χ4n) is 9.89. The van der Waals surface area contributed by atoms with Crippen molar-refractivity contribution >= 4 is 60.4 Å². The Hall–Kier alpha value is -8.46. The van der Waals surface area contributed by atoms with E-state index in [1.165, 1.54) is 82.3 Å². The maximum absolute atomic E-state index is 2.44. The number of nitrogens with zero attached hydrogens (tertiary/aromatic N) is 2. The van der Waals surface area contributed by atoms with Gasteiger partial charge in [0.25, 0.3) is 0 Å². The Kier molecular flexibility index (Phi) is 9.20. The van der Waals surface area contributed by atoms with Crippen LogP contribution in [-0.2, 0) is 0 Å². The van der Waals surface area contributed by atoms with E-state index < -0.39 is 0 Å². The van der Waals surface area contributed by atoms with Gasteiger partial charge in [0, 0.05) is 33.3 Å². The highest BCUT2D eigenvalue weighted by molar-refractivity contribution is 6.14. The van der Waals surface area contributed by atoms with E-state index in [4.69, 9.17) is 0 Å². The van der Waals surface area contributed by atoms with Crippen molar-refractivity contribution in [2.75, 3.05) is 4.90 Å². The van der Waals surface area contributed by atoms with Gasteiger partial charge in [-0.05, 0) is 110 Å². The third-order valence-electron chi connectivity index (χ3n) is 12.8. The topological polar surface area (TPSA) is 8.17 Å². The predicted octanol–water partition coefficient (Wildman–Crippen LogP) is 17.2. The van der Waals surface area contributed by atoms with Crippen molar-refractivity contribution in [1.29, 1.82) is 0 Å². The van der Waals surface area contributed by atoms with Crippen LogP contribution in [0, 0.1) is 0 Å². The maximum Gasteiger partial charge on any atom is 0.0546 e. The Bertz CT molecular complexity index is 3590. The van der Waals surface area contributed by atoms with E-state index in [0.29, 0.717) is 0 Å². The normalized spacial score (nSPS) is 11.4. The standard InChI is InChI=1S/C62H42N2/c1-3-18-43(19-4-1)51-24-11-14-30-58(51)63(49-40-36-45(37-41-49)57-42-47-22-7-8-23-50(47)53-25-9-10-26-54(53)57)48-38-34-44(35-39-48)52-29-17-33-61(62(52)46-20-5-2-6-21-46)64-59-31-15-12-27-55(59)56-28-13-16-32-60(56)64/h1-42H. The molecule has 300 valence electrons. The molecule has 0 unspecified atom stereocenters. The number of hydrogen-bond donors (Lipinski definition) is 0. The zero-order valence-electron chi connectivity index (χ0n) is 35.1. The monoisotopic (exact) mass is 814 g/mol. The molecular formula is C62H42N2. The molecule has 1 heterocycles. The van der Waals surface area contributed by atoms with Crippen LogP contribution in [0.2, 0.25) is 0 Å². The second-order valence-corrected chi connectivity index (χ2v) is 16.4. The largest absolute Gasteiger partial charge is 0.310 e. The summed E-state index contributed by atoms with van der Waals surface area (Å²) in [5, 5.41) is 7.56. The van der Waals surface area contributed by atoms with E-state index in [-0.39, 0.29) is 0 Å². The van der Waals surface area contributed by atoms with E-state index >= 15 is 0 Å². The van der Waals surface area contributed by atoms with Crippen molar-refractivity contribution in [2.45, 2.75) is 0 Å². The second kappa shape index (κ2) is 15.8. The first kappa shape index (κ1) is 37.3. The maximum atomic E-state index is 2.44. The van der Waals surface area contributed by atoms with Crippen molar-refractivity contribution in [3.8, 4) is 50.2 Å². The van der Waals surface area contributed by atoms with Gasteiger partial charge in [0.2, 0.25) is 0 Å². The van der Waals surface area contributed by atoms with E-state index in [0.717, 1.165) is 28.3 Å². The lowest BCUT2D eigenvalue weighted by atomic mass is 9.92. The van der Waals surface area contributed by atoms with Gasteiger partial charge in [0.15, 0.2) is 0 Å². The van der Waals surface area contributed by atoms with Crippen LogP contribution in [0.1, 0.15) is 0 Å². The fourth-order valence-corrected chi connectivity index (χ4v) is 9.89. The van der Waals surface area contributed by atoms with Crippen LogP contribution in [0.3, 0.4) is 0 Å². The number of rotatable bonds is 8. The van der Waals surface area contributed by atoms with E-state index in [9.17, 15) is 0 Å². The molecule has 0 aliphatic carbocycles. The summed E-state index contributed by atoms with van der Waals surface area (Å²) in [5.41, 5.74) is 16.3. The molecule has 0 atom stereocenters. The van der Waals surface area contributed by atoms with E-state index in [1.54, 1.807) is 0 Å². The molecule has 12 aromatic rings. The highest BCUT2D eigenvalue weighted by Crippen LogP contribution is 2.45. The zero-order valence-corrected chi connectivity index (χ0v) is 35.1. The first-order valence-corrected chi connectivity index (χ1v) is 22.0. The van der Waals surface area contributed by atoms with Crippen molar-refractivity contribution in [3.63, 3.8) is 0 Å². The van der Waals surface area contributed by atoms with Crippen LogP contribution < -0.4 is 4.90 Å². The summed E-state index contributed by atoms with van der Waals surface area (Å²) < 4.78 is 2.44. The van der Waals surface area contributed by atoms with Crippen LogP contribution in [0.4, 0.5) is 17.1 Å². The lowest BCUT2D eigenvalue weighted by Crippen LogP contribution is -2.11. The molecule has 0 aliphatic heterocycles. The number of benzene rings is 11. The molecule has 1 aromatic heterocycles. The Morgan fingerprint density at radius 1 is 0.281 bits per heavy atom. The minimum atomic E-state index is 1.08. The van der Waals surface area contributed by atoms with Gasteiger partial charge in [-0.25, -0.2) is 0 Å². The van der Waals surface area contributed by atoms with Gasteiger partial charge >= 0.3 is 0 Å². The molecule has 0 amide bonds. The number of aromatic nitrogens is 1. The molecule has 0 bridgehead atoms. The lowest BCUT2D eigenvalue weighted by molar-refractivity contribution is 1.18. The third kappa shape index (κ3) is 6.35. The molecule has 0 fully saturated rings.